The summed E-state index contributed by atoms with van der Waals surface area (Å²) in [6, 6.07) is 6.22. The summed E-state index contributed by atoms with van der Waals surface area (Å²) in [7, 11) is 3.79. The number of fused-ring (bicyclic) bond motifs is 2. The number of thiazole rings is 1. The van der Waals surface area contributed by atoms with E-state index in [4.69, 9.17) is 19.2 Å². The van der Waals surface area contributed by atoms with Gasteiger partial charge in [0.1, 0.15) is 6.17 Å². The average molecular weight is 402 g/mol. The van der Waals surface area contributed by atoms with E-state index in [0.717, 1.165) is 40.9 Å². The Morgan fingerprint density at radius 2 is 2.26 bits per heavy atom. The van der Waals surface area contributed by atoms with Gasteiger partial charge in [-0.2, -0.15) is 0 Å². The van der Waals surface area contributed by atoms with Crippen molar-refractivity contribution in [2.45, 2.75) is 12.6 Å². The molecule has 2 aromatic heterocycles. The highest BCUT2D eigenvalue weighted by atomic mass is 32.1. The number of nitrogens with one attached hydrogen (secondary N) is 1. The number of thiophene rings is 1. The van der Waals surface area contributed by atoms with Crippen LogP contribution in [0.4, 0.5) is 5.13 Å². The van der Waals surface area contributed by atoms with Gasteiger partial charge in [-0.05, 0) is 36.5 Å². The van der Waals surface area contributed by atoms with E-state index in [2.05, 4.69) is 40.2 Å². The van der Waals surface area contributed by atoms with Gasteiger partial charge in [-0.25, -0.2) is 4.98 Å². The van der Waals surface area contributed by atoms with Crippen molar-refractivity contribution in [1.29, 1.82) is 0 Å². The Labute approximate surface area is 165 Å². The van der Waals surface area contributed by atoms with E-state index in [1.54, 1.807) is 29.8 Å². The van der Waals surface area contributed by atoms with Gasteiger partial charge in [-0.1, -0.05) is 6.07 Å². The lowest BCUT2D eigenvalue weighted by Gasteiger charge is -2.36. The summed E-state index contributed by atoms with van der Waals surface area (Å²) >= 11 is 3.32. The largest absolute Gasteiger partial charge is 0.492 e. The molecule has 0 fully saturated rings. The molecule has 0 radical (unpaired) electrons. The number of nitrogens with zero attached hydrogens (tertiary/aromatic N) is 2. The normalized spacial score (nSPS) is 18.4. The summed E-state index contributed by atoms with van der Waals surface area (Å²) in [5, 5.41) is 8.65. The molecular formula is C19H19N3O3S2. The molecule has 1 aromatic carbocycles. The minimum absolute atomic E-state index is 0.0412. The third-order valence-corrected chi connectivity index (χ3v) is 6.60. The second kappa shape index (κ2) is 6.70. The van der Waals surface area contributed by atoms with E-state index in [-0.39, 0.29) is 13.0 Å². The smallest absolute Gasteiger partial charge is 0.231 e. The van der Waals surface area contributed by atoms with Crippen molar-refractivity contribution in [2.24, 2.45) is 0 Å². The summed E-state index contributed by atoms with van der Waals surface area (Å²) in [5.74, 6) is 2.21. The van der Waals surface area contributed by atoms with E-state index in [9.17, 15) is 0 Å². The topological polar surface area (TPSA) is 55.9 Å². The van der Waals surface area contributed by atoms with Gasteiger partial charge < -0.3 is 19.5 Å². The zero-order chi connectivity index (χ0) is 18.4. The van der Waals surface area contributed by atoms with Crippen molar-refractivity contribution in [3.63, 3.8) is 0 Å². The van der Waals surface area contributed by atoms with Crippen molar-refractivity contribution in [3.05, 3.63) is 40.1 Å². The molecule has 1 N–H and O–H groups in total. The Hall–Kier alpha value is -2.29. The number of ether oxygens (including phenoxy) is 3. The van der Waals surface area contributed by atoms with E-state index in [1.165, 1.54) is 10.4 Å². The lowest BCUT2D eigenvalue weighted by molar-refractivity contribution is 0.170. The van der Waals surface area contributed by atoms with Crippen LogP contribution in [0.15, 0.2) is 29.0 Å². The molecular weight excluding hydrogens is 382 g/mol. The van der Waals surface area contributed by atoms with Crippen LogP contribution in [0.1, 0.15) is 17.3 Å². The van der Waals surface area contributed by atoms with Crippen molar-refractivity contribution < 1.29 is 14.2 Å². The van der Waals surface area contributed by atoms with Gasteiger partial charge in [-0.3, -0.25) is 4.90 Å². The fourth-order valence-corrected chi connectivity index (χ4v) is 5.10. The molecule has 5 rings (SSSR count). The second-order valence-corrected chi connectivity index (χ2v) is 8.31. The molecule has 0 bridgehead atoms. The highest BCUT2D eigenvalue weighted by molar-refractivity contribution is 7.15. The standard InChI is InChI=1S/C19H19N3O3S2/c1-22-6-5-11-8-13-16(25-10-24-13)17(23-2)15(11)18(22)21-19-20-12(9-27-19)14-4-3-7-26-14/h3-4,7-9,18H,5-6,10H2,1-2H3,(H,20,21). The molecule has 1 atom stereocenters. The van der Waals surface area contributed by atoms with Crippen molar-refractivity contribution >= 4 is 27.8 Å². The molecule has 27 heavy (non-hydrogen) atoms. The van der Waals surface area contributed by atoms with Crippen LogP contribution in [0.3, 0.4) is 0 Å². The van der Waals surface area contributed by atoms with Crippen LogP contribution < -0.4 is 19.5 Å². The van der Waals surface area contributed by atoms with Crippen LogP contribution in [0, 0.1) is 0 Å². The summed E-state index contributed by atoms with van der Waals surface area (Å²) < 4.78 is 17.0. The van der Waals surface area contributed by atoms with Gasteiger partial charge in [-0.15, -0.1) is 22.7 Å². The molecule has 0 saturated carbocycles. The van der Waals surface area contributed by atoms with E-state index >= 15 is 0 Å². The predicted molar refractivity (Wildman–Crippen MR) is 107 cm³/mol. The molecule has 3 aromatic rings. The molecule has 6 nitrogen and oxygen atoms in total. The Morgan fingerprint density at radius 1 is 1.33 bits per heavy atom. The molecule has 0 spiro atoms. The highest BCUT2D eigenvalue weighted by Crippen LogP contribution is 2.49. The SMILES string of the molecule is COc1c2c(cc3c1C(Nc1nc(-c4cccs4)cs1)N(C)CC3)OCO2. The first-order valence-corrected chi connectivity index (χ1v) is 10.5. The maximum absolute atomic E-state index is 5.75. The second-order valence-electron chi connectivity index (χ2n) is 6.51. The number of benzene rings is 1. The average Bonchev–Trinajstić information content (AvgIpc) is 3.43. The number of methoxy groups -OCH3 is 1. The first kappa shape index (κ1) is 16.9. The van der Waals surface area contributed by atoms with Crippen LogP contribution >= 0.6 is 22.7 Å². The van der Waals surface area contributed by atoms with Crippen LogP contribution in [0.2, 0.25) is 0 Å². The number of likely N-dealkylation sites (N-methyl/N-ethyl adjacent to an activating group) is 1. The number of anilines is 1. The number of rotatable bonds is 4. The summed E-state index contributed by atoms with van der Waals surface area (Å²) in [6.07, 6.45) is 0.899. The third-order valence-electron chi connectivity index (χ3n) is 4.93. The molecule has 2 aliphatic heterocycles. The molecule has 2 aliphatic rings. The summed E-state index contributed by atoms with van der Waals surface area (Å²) in [6.45, 7) is 1.18. The number of hydrogen-bond donors (Lipinski definition) is 1. The Balaban J connectivity index is 1.52. The minimum Gasteiger partial charge on any atom is -0.492 e. The van der Waals surface area contributed by atoms with Crippen molar-refractivity contribution in [2.75, 3.05) is 32.8 Å². The molecule has 0 amide bonds. The molecule has 0 saturated heterocycles. The Kier molecular flexibility index (Phi) is 4.18. The monoisotopic (exact) mass is 401 g/mol. The maximum atomic E-state index is 5.75. The first-order chi connectivity index (χ1) is 13.2. The van der Waals surface area contributed by atoms with Crippen molar-refractivity contribution in [3.8, 4) is 27.8 Å². The van der Waals surface area contributed by atoms with Crippen LogP contribution in [0.25, 0.3) is 10.6 Å². The van der Waals surface area contributed by atoms with Crippen LogP contribution in [0.5, 0.6) is 17.2 Å². The molecule has 4 heterocycles. The molecule has 0 aliphatic carbocycles. The van der Waals surface area contributed by atoms with Gasteiger partial charge >= 0.3 is 0 Å². The van der Waals surface area contributed by atoms with Gasteiger partial charge in [0.2, 0.25) is 12.5 Å². The highest BCUT2D eigenvalue weighted by Gasteiger charge is 2.34. The van der Waals surface area contributed by atoms with Crippen molar-refractivity contribution in [1.82, 2.24) is 9.88 Å². The molecule has 8 heteroatoms. The van der Waals surface area contributed by atoms with Gasteiger partial charge in [0.15, 0.2) is 16.6 Å². The molecule has 140 valence electrons. The minimum atomic E-state index is -0.0412. The van der Waals surface area contributed by atoms with Gasteiger partial charge in [0, 0.05) is 17.5 Å². The fraction of sp³-hybridized carbons (Fsp3) is 0.316. The van der Waals surface area contributed by atoms with Gasteiger partial charge in [0.05, 0.1) is 17.7 Å². The lowest BCUT2D eigenvalue weighted by atomic mass is 9.95. The lowest BCUT2D eigenvalue weighted by Crippen LogP contribution is -2.37. The zero-order valence-corrected chi connectivity index (χ0v) is 16.7. The van der Waals surface area contributed by atoms with Gasteiger partial charge in [0.25, 0.3) is 0 Å². The summed E-state index contributed by atoms with van der Waals surface area (Å²) in [4.78, 5) is 8.23. The number of aromatic nitrogens is 1. The maximum Gasteiger partial charge on any atom is 0.231 e. The predicted octanol–water partition coefficient (Wildman–Crippen LogP) is 4.21. The third kappa shape index (κ3) is 2.84. The van der Waals surface area contributed by atoms with E-state index in [1.807, 2.05) is 6.07 Å². The Morgan fingerprint density at radius 3 is 3.07 bits per heavy atom. The Bertz CT molecular complexity index is 971. The first-order valence-electron chi connectivity index (χ1n) is 8.70. The quantitative estimate of drug-likeness (QED) is 0.707. The van der Waals surface area contributed by atoms with E-state index in [0.29, 0.717) is 5.75 Å². The summed E-state index contributed by atoms with van der Waals surface area (Å²) in [5.41, 5.74) is 3.33. The van der Waals surface area contributed by atoms with E-state index < -0.39 is 0 Å². The number of hydrogen-bond acceptors (Lipinski definition) is 8. The zero-order valence-electron chi connectivity index (χ0n) is 15.0. The fourth-order valence-electron chi connectivity index (χ4n) is 3.61. The molecule has 1 unspecified atom stereocenters. The van der Waals surface area contributed by atoms with Crippen LogP contribution in [-0.4, -0.2) is 37.4 Å². The van der Waals surface area contributed by atoms with Crippen LogP contribution in [-0.2, 0) is 6.42 Å².